The van der Waals surface area contributed by atoms with Gasteiger partial charge in [-0.3, -0.25) is 4.90 Å². The fourth-order valence-corrected chi connectivity index (χ4v) is 2.74. The van der Waals surface area contributed by atoms with Crippen LogP contribution in [0.5, 0.6) is 0 Å². The van der Waals surface area contributed by atoms with Gasteiger partial charge in [0, 0.05) is 24.7 Å². The number of rotatable bonds is 2. The lowest BCUT2D eigenvalue weighted by Gasteiger charge is -2.33. The first-order valence-electron chi connectivity index (χ1n) is 5.03. The van der Waals surface area contributed by atoms with Crippen molar-refractivity contribution in [3.63, 3.8) is 0 Å². The number of piperidine rings is 1. The van der Waals surface area contributed by atoms with Crippen molar-refractivity contribution in [2.24, 2.45) is 5.92 Å². The molecule has 1 N–H and O–H groups in total. The average molecular weight is 212 g/mol. The van der Waals surface area contributed by atoms with E-state index in [1.165, 1.54) is 0 Å². The third-order valence-corrected chi connectivity index (χ3v) is 3.32. The Morgan fingerprint density at radius 2 is 2.50 bits per heavy atom. The molecule has 2 rings (SSSR count). The molecule has 0 unspecified atom stereocenters. The van der Waals surface area contributed by atoms with Crippen molar-refractivity contribution < 1.29 is 5.11 Å². The number of hydrogen-bond acceptors (Lipinski definition) is 4. The summed E-state index contributed by atoms with van der Waals surface area (Å²) in [6, 6.07) is 0. The smallest absolute Gasteiger partial charge is 0.107 e. The van der Waals surface area contributed by atoms with E-state index in [9.17, 15) is 5.11 Å². The molecule has 4 heteroatoms. The van der Waals surface area contributed by atoms with Crippen molar-refractivity contribution in [2.75, 3.05) is 13.1 Å². The van der Waals surface area contributed by atoms with E-state index in [-0.39, 0.29) is 6.10 Å². The van der Waals surface area contributed by atoms with Gasteiger partial charge in [-0.1, -0.05) is 6.92 Å². The number of likely N-dealkylation sites (tertiary alicyclic amines) is 1. The SMILES string of the molecule is C[C@@H]1C[C@H](O)CN(Cc2nccs2)C1. The van der Waals surface area contributed by atoms with Gasteiger partial charge in [-0.05, 0) is 12.3 Å². The molecule has 78 valence electrons. The van der Waals surface area contributed by atoms with Crippen LogP contribution in [0.2, 0.25) is 0 Å². The van der Waals surface area contributed by atoms with Crippen molar-refractivity contribution in [3.05, 3.63) is 16.6 Å². The number of aliphatic hydroxyl groups excluding tert-OH is 1. The molecule has 0 aliphatic carbocycles. The Bertz CT molecular complexity index is 266. The van der Waals surface area contributed by atoms with Crippen LogP contribution in [0, 0.1) is 5.92 Å². The monoisotopic (exact) mass is 212 g/mol. The van der Waals surface area contributed by atoms with Gasteiger partial charge in [-0.25, -0.2) is 4.98 Å². The van der Waals surface area contributed by atoms with Crippen LogP contribution in [0.25, 0.3) is 0 Å². The van der Waals surface area contributed by atoms with E-state index in [2.05, 4.69) is 16.8 Å². The maximum atomic E-state index is 9.62. The zero-order chi connectivity index (χ0) is 9.97. The third kappa shape index (κ3) is 2.53. The molecule has 1 aromatic heterocycles. The molecule has 0 saturated carbocycles. The minimum Gasteiger partial charge on any atom is -0.392 e. The standard InChI is InChI=1S/C10H16N2OS/c1-8-4-9(13)6-12(5-8)7-10-11-2-3-14-10/h2-3,8-9,13H,4-7H2,1H3/t8-,9+/m1/s1. The largest absolute Gasteiger partial charge is 0.392 e. The molecule has 0 spiro atoms. The highest BCUT2D eigenvalue weighted by atomic mass is 32.1. The summed E-state index contributed by atoms with van der Waals surface area (Å²) in [5.74, 6) is 0.596. The summed E-state index contributed by atoms with van der Waals surface area (Å²) in [6.45, 7) is 4.96. The van der Waals surface area contributed by atoms with Crippen LogP contribution < -0.4 is 0 Å². The maximum Gasteiger partial charge on any atom is 0.107 e. The minimum atomic E-state index is -0.154. The van der Waals surface area contributed by atoms with E-state index in [0.29, 0.717) is 5.92 Å². The van der Waals surface area contributed by atoms with Crippen LogP contribution in [0.15, 0.2) is 11.6 Å². The minimum absolute atomic E-state index is 0.154. The van der Waals surface area contributed by atoms with Crippen molar-refractivity contribution >= 4 is 11.3 Å². The number of aliphatic hydroxyl groups is 1. The quantitative estimate of drug-likeness (QED) is 0.804. The zero-order valence-corrected chi connectivity index (χ0v) is 9.20. The van der Waals surface area contributed by atoms with Gasteiger partial charge in [-0.15, -0.1) is 11.3 Å². The molecule has 14 heavy (non-hydrogen) atoms. The van der Waals surface area contributed by atoms with Gasteiger partial charge < -0.3 is 5.11 Å². The summed E-state index contributed by atoms with van der Waals surface area (Å²) in [6.07, 6.45) is 2.62. The summed E-state index contributed by atoms with van der Waals surface area (Å²) < 4.78 is 0. The van der Waals surface area contributed by atoms with Crippen LogP contribution >= 0.6 is 11.3 Å². The first kappa shape index (κ1) is 10.1. The Balaban J connectivity index is 1.91. The van der Waals surface area contributed by atoms with E-state index in [1.807, 2.05) is 11.6 Å². The molecule has 1 aromatic rings. The summed E-state index contributed by atoms with van der Waals surface area (Å²) >= 11 is 1.68. The molecule has 0 bridgehead atoms. The van der Waals surface area contributed by atoms with Gasteiger partial charge in [0.15, 0.2) is 0 Å². The Morgan fingerprint density at radius 3 is 3.14 bits per heavy atom. The van der Waals surface area contributed by atoms with Gasteiger partial charge in [0.05, 0.1) is 12.6 Å². The second-order valence-corrected chi connectivity index (χ2v) is 5.09. The van der Waals surface area contributed by atoms with E-state index in [1.54, 1.807) is 11.3 Å². The van der Waals surface area contributed by atoms with Gasteiger partial charge in [0.2, 0.25) is 0 Å². The van der Waals surface area contributed by atoms with Crippen molar-refractivity contribution in [1.29, 1.82) is 0 Å². The molecule has 1 fully saturated rings. The van der Waals surface area contributed by atoms with Crippen molar-refractivity contribution in [3.8, 4) is 0 Å². The third-order valence-electron chi connectivity index (χ3n) is 2.56. The van der Waals surface area contributed by atoms with Crippen LogP contribution in [0.4, 0.5) is 0 Å². The molecule has 2 heterocycles. The summed E-state index contributed by atoms with van der Waals surface area (Å²) in [7, 11) is 0. The molecule has 1 aliphatic rings. The predicted octanol–water partition coefficient (Wildman–Crippen LogP) is 1.35. The first-order chi connectivity index (χ1) is 6.74. The van der Waals surface area contributed by atoms with Crippen LogP contribution in [0.3, 0.4) is 0 Å². The molecule has 1 saturated heterocycles. The first-order valence-corrected chi connectivity index (χ1v) is 5.91. The highest BCUT2D eigenvalue weighted by Crippen LogP contribution is 2.18. The number of nitrogens with zero attached hydrogens (tertiary/aromatic N) is 2. The Morgan fingerprint density at radius 1 is 1.64 bits per heavy atom. The van der Waals surface area contributed by atoms with Gasteiger partial charge in [0.25, 0.3) is 0 Å². The van der Waals surface area contributed by atoms with E-state index < -0.39 is 0 Å². The lowest BCUT2D eigenvalue weighted by molar-refractivity contribution is 0.0408. The fraction of sp³-hybridized carbons (Fsp3) is 0.700. The lowest BCUT2D eigenvalue weighted by Crippen LogP contribution is -2.41. The normalized spacial score (nSPS) is 29.3. The predicted molar refractivity (Wildman–Crippen MR) is 57.2 cm³/mol. The molecular weight excluding hydrogens is 196 g/mol. The Hall–Kier alpha value is -0.450. The van der Waals surface area contributed by atoms with Crippen molar-refractivity contribution in [1.82, 2.24) is 9.88 Å². The molecule has 0 amide bonds. The van der Waals surface area contributed by atoms with Crippen LogP contribution in [-0.2, 0) is 6.54 Å². The number of hydrogen-bond donors (Lipinski definition) is 1. The summed E-state index contributed by atoms with van der Waals surface area (Å²) in [5.41, 5.74) is 0. The summed E-state index contributed by atoms with van der Waals surface area (Å²) in [4.78, 5) is 6.54. The van der Waals surface area contributed by atoms with E-state index in [4.69, 9.17) is 0 Å². The number of β-amino-alcohol motifs (C(OH)–C–C–N with tert-alkyl or cyclic N) is 1. The number of aromatic nitrogens is 1. The average Bonchev–Trinajstić information content (AvgIpc) is 2.54. The highest BCUT2D eigenvalue weighted by molar-refractivity contribution is 7.09. The molecule has 0 radical (unpaired) electrons. The molecule has 1 aliphatic heterocycles. The van der Waals surface area contributed by atoms with Crippen LogP contribution in [-0.4, -0.2) is 34.2 Å². The molecule has 2 atom stereocenters. The maximum absolute atomic E-state index is 9.62. The molecule has 0 aromatic carbocycles. The topological polar surface area (TPSA) is 36.4 Å². The van der Waals surface area contributed by atoms with Gasteiger partial charge >= 0.3 is 0 Å². The zero-order valence-electron chi connectivity index (χ0n) is 8.39. The molecular formula is C10H16N2OS. The fourth-order valence-electron chi connectivity index (χ4n) is 2.08. The van der Waals surface area contributed by atoms with Gasteiger partial charge in [0.1, 0.15) is 5.01 Å². The van der Waals surface area contributed by atoms with Crippen molar-refractivity contribution in [2.45, 2.75) is 26.0 Å². The number of thiazole rings is 1. The second-order valence-electron chi connectivity index (χ2n) is 4.11. The van der Waals surface area contributed by atoms with Crippen LogP contribution in [0.1, 0.15) is 18.4 Å². The highest BCUT2D eigenvalue weighted by Gasteiger charge is 2.23. The second kappa shape index (κ2) is 4.38. The molecule has 3 nitrogen and oxygen atoms in total. The van der Waals surface area contributed by atoms with E-state index in [0.717, 1.165) is 31.1 Å². The van der Waals surface area contributed by atoms with Gasteiger partial charge in [-0.2, -0.15) is 0 Å². The lowest BCUT2D eigenvalue weighted by atomic mass is 9.98. The Kier molecular flexibility index (Phi) is 3.15. The Labute approximate surface area is 88.4 Å². The van der Waals surface area contributed by atoms with E-state index >= 15 is 0 Å². The summed E-state index contributed by atoms with van der Waals surface area (Å²) in [5, 5.41) is 12.8.